The molecule has 1 atom stereocenters. The summed E-state index contributed by atoms with van der Waals surface area (Å²) in [7, 11) is 4.83. The summed E-state index contributed by atoms with van der Waals surface area (Å²) in [4.78, 5) is 15.6. The largest absolute Gasteiger partial charge is 0.493 e. The maximum Gasteiger partial charge on any atom is 0.223 e. The molecule has 0 radical (unpaired) electrons. The first-order chi connectivity index (χ1) is 14.7. The van der Waals surface area contributed by atoms with Crippen LogP contribution < -0.4 is 14.2 Å². The van der Waals surface area contributed by atoms with Crippen molar-refractivity contribution in [3.63, 3.8) is 0 Å². The molecule has 1 amide bonds. The summed E-state index contributed by atoms with van der Waals surface area (Å²) in [6.07, 6.45) is 6.61. The molecule has 0 bridgehead atoms. The van der Waals surface area contributed by atoms with Crippen LogP contribution in [0.3, 0.4) is 0 Å². The zero-order valence-corrected chi connectivity index (χ0v) is 18.1. The van der Waals surface area contributed by atoms with Crippen LogP contribution in [0.15, 0.2) is 36.4 Å². The number of rotatable bonds is 8. The molecule has 5 heteroatoms. The van der Waals surface area contributed by atoms with Gasteiger partial charge in [-0.15, -0.1) is 0 Å². The van der Waals surface area contributed by atoms with Crippen LogP contribution in [0, 0.1) is 0 Å². The summed E-state index contributed by atoms with van der Waals surface area (Å²) in [5.41, 5.74) is 3.70. The van der Waals surface area contributed by atoms with Crippen LogP contribution in [0.5, 0.6) is 17.2 Å². The standard InChI is InChI=1S/C25H31NO4/c1-28-22-15-11-18(24(29-2)25(22)30-3)12-16-23(27)26(19-13-14-19)21-10-6-8-17-7-4-5-9-20(17)21/h4-5,7,9,11,15,19,21H,6,8,10,12-14,16H2,1-3H3. The molecule has 0 N–H and O–H groups in total. The number of hydrogen-bond donors (Lipinski definition) is 0. The van der Waals surface area contributed by atoms with Gasteiger partial charge in [0.2, 0.25) is 11.7 Å². The van der Waals surface area contributed by atoms with Crippen molar-refractivity contribution in [2.75, 3.05) is 21.3 Å². The molecule has 0 saturated heterocycles. The summed E-state index contributed by atoms with van der Waals surface area (Å²) in [5, 5.41) is 0. The van der Waals surface area contributed by atoms with Gasteiger partial charge in [-0.1, -0.05) is 30.3 Å². The number of nitrogens with zero attached hydrogens (tertiary/aromatic N) is 1. The van der Waals surface area contributed by atoms with Crippen LogP contribution in [0.4, 0.5) is 0 Å². The fraction of sp³-hybridized carbons (Fsp3) is 0.480. The predicted octanol–water partition coefficient (Wildman–Crippen LogP) is 4.71. The first-order valence-corrected chi connectivity index (χ1v) is 10.8. The number of amides is 1. The summed E-state index contributed by atoms with van der Waals surface area (Å²) < 4.78 is 16.5. The summed E-state index contributed by atoms with van der Waals surface area (Å²) in [6, 6.07) is 13.1. The second-order valence-electron chi connectivity index (χ2n) is 8.13. The highest BCUT2D eigenvalue weighted by atomic mass is 16.5. The lowest BCUT2D eigenvalue weighted by atomic mass is 9.86. The van der Waals surface area contributed by atoms with Gasteiger partial charge in [-0.2, -0.15) is 0 Å². The van der Waals surface area contributed by atoms with Crippen molar-refractivity contribution < 1.29 is 19.0 Å². The lowest BCUT2D eigenvalue weighted by Crippen LogP contribution is -2.38. The molecule has 30 heavy (non-hydrogen) atoms. The van der Waals surface area contributed by atoms with Gasteiger partial charge in [0.1, 0.15) is 0 Å². The highest BCUT2D eigenvalue weighted by Gasteiger charge is 2.39. The average molecular weight is 410 g/mol. The minimum absolute atomic E-state index is 0.210. The van der Waals surface area contributed by atoms with Gasteiger partial charge in [-0.25, -0.2) is 0 Å². The van der Waals surface area contributed by atoms with E-state index in [1.54, 1.807) is 21.3 Å². The van der Waals surface area contributed by atoms with Crippen molar-refractivity contribution in [2.24, 2.45) is 0 Å². The molecule has 1 fully saturated rings. The highest BCUT2D eigenvalue weighted by molar-refractivity contribution is 5.78. The lowest BCUT2D eigenvalue weighted by Gasteiger charge is -2.36. The van der Waals surface area contributed by atoms with Gasteiger partial charge < -0.3 is 19.1 Å². The molecule has 5 nitrogen and oxygen atoms in total. The van der Waals surface area contributed by atoms with E-state index in [4.69, 9.17) is 14.2 Å². The smallest absolute Gasteiger partial charge is 0.223 e. The topological polar surface area (TPSA) is 48.0 Å². The van der Waals surface area contributed by atoms with E-state index in [2.05, 4.69) is 29.2 Å². The van der Waals surface area contributed by atoms with Gasteiger partial charge >= 0.3 is 0 Å². The van der Waals surface area contributed by atoms with Crippen LogP contribution >= 0.6 is 0 Å². The third-order valence-corrected chi connectivity index (χ3v) is 6.30. The van der Waals surface area contributed by atoms with E-state index in [1.165, 1.54) is 11.1 Å². The zero-order chi connectivity index (χ0) is 21.1. The van der Waals surface area contributed by atoms with Crippen molar-refractivity contribution in [3.8, 4) is 17.2 Å². The van der Waals surface area contributed by atoms with E-state index < -0.39 is 0 Å². The fourth-order valence-electron chi connectivity index (χ4n) is 4.73. The molecule has 2 aliphatic rings. The number of ether oxygens (including phenoxy) is 3. The fourth-order valence-corrected chi connectivity index (χ4v) is 4.73. The maximum atomic E-state index is 13.4. The number of benzene rings is 2. The number of carbonyl (C=O) groups is 1. The normalized spacial score (nSPS) is 17.8. The molecule has 4 rings (SSSR count). The first-order valence-electron chi connectivity index (χ1n) is 10.8. The summed E-state index contributed by atoms with van der Waals surface area (Å²) in [6.45, 7) is 0. The number of hydrogen-bond acceptors (Lipinski definition) is 4. The quantitative estimate of drug-likeness (QED) is 0.633. The Morgan fingerprint density at radius 2 is 1.73 bits per heavy atom. The lowest BCUT2D eigenvalue weighted by molar-refractivity contribution is -0.134. The molecule has 2 aliphatic carbocycles. The molecule has 2 aromatic carbocycles. The number of aryl methyl sites for hydroxylation is 2. The van der Waals surface area contributed by atoms with E-state index in [0.29, 0.717) is 36.1 Å². The van der Waals surface area contributed by atoms with Gasteiger partial charge in [-0.05, 0) is 61.3 Å². The second kappa shape index (κ2) is 8.99. The third kappa shape index (κ3) is 3.98. The molecule has 0 spiro atoms. The SMILES string of the molecule is COc1ccc(CCC(=O)N(C2CC2)C2CCCc3ccccc32)c(OC)c1OC. The van der Waals surface area contributed by atoms with Crippen LogP contribution in [-0.2, 0) is 17.6 Å². The van der Waals surface area contributed by atoms with Crippen molar-refractivity contribution in [3.05, 3.63) is 53.1 Å². The monoisotopic (exact) mass is 409 g/mol. The molecule has 0 aliphatic heterocycles. The third-order valence-electron chi connectivity index (χ3n) is 6.30. The second-order valence-corrected chi connectivity index (χ2v) is 8.13. The van der Waals surface area contributed by atoms with Crippen LogP contribution in [0.1, 0.15) is 54.8 Å². The summed E-state index contributed by atoms with van der Waals surface area (Å²) in [5.74, 6) is 2.08. The minimum Gasteiger partial charge on any atom is -0.493 e. The Kier molecular flexibility index (Phi) is 6.16. The Hall–Kier alpha value is -2.69. The molecule has 160 valence electrons. The van der Waals surface area contributed by atoms with E-state index in [9.17, 15) is 4.79 Å². The minimum atomic E-state index is 0.210. The van der Waals surface area contributed by atoms with E-state index in [-0.39, 0.29) is 11.9 Å². The molecule has 0 heterocycles. The Morgan fingerprint density at radius 1 is 0.967 bits per heavy atom. The van der Waals surface area contributed by atoms with Crippen LogP contribution in [-0.4, -0.2) is 38.2 Å². The molecule has 1 unspecified atom stereocenters. The number of methoxy groups -OCH3 is 3. The molecule has 2 aromatic rings. The maximum absolute atomic E-state index is 13.4. The Labute approximate surface area is 178 Å². The molecular formula is C25H31NO4. The van der Waals surface area contributed by atoms with Gasteiger partial charge in [-0.3, -0.25) is 4.79 Å². The first kappa shape index (κ1) is 20.6. The molecule has 0 aromatic heterocycles. The number of fused-ring (bicyclic) bond motifs is 1. The van der Waals surface area contributed by atoms with Gasteiger partial charge in [0, 0.05) is 12.5 Å². The van der Waals surface area contributed by atoms with Crippen LogP contribution in [0.25, 0.3) is 0 Å². The van der Waals surface area contributed by atoms with Gasteiger partial charge in [0.05, 0.1) is 27.4 Å². The van der Waals surface area contributed by atoms with Crippen molar-refractivity contribution >= 4 is 5.91 Å². The van der Waals surface area contributed by atoms with E-state index >= 15 is 0 Å². The Bertz CT molecular complexity index is 906. The van der Waals surface area contributed by atoms with E-state index in [0.717, 1.165) is 37.7 Å². The molecular weight excluding hydrogens is 378 g/mol. The number of carbonyl (C=O) groups excluding carboxylic acids is 1. The predicted molar refractivity (Wildman–Crippen MR) is 116 cm³/mol. The average Bonchev–Trinajstić information content (AvgIpc) is 3.62. The highest BCUT2D eigenvalue weighted by Crippen LogP contribution is 2.42. The van der Waals surface area contributed by atoms with Crippen molar-refractivity contribution in [1.82, 2.24) is 4.90 Å². The molecule has 1 saturated carbocycles. The zero-order valence-electron chi connectivity index (χ0n) is 18.1. The Balaban J connectivity index is 1.53. The van der Waals surface area contributed by atoms with Crippen LogP contribution in [0.2, 0.25) is 0 Å². The van der Waals surface area contributed by atoms with Crippen molar-refractivity contribution in [2.45, 2.75) is 57.0 Å². The van der Waals surface area contributed by atoms with Gasteiger partial charge in [0.15, 0.2) is 11.5 Å². The Morgan fingerprint density at radius 3 is 2.43 bits per heavy atom. The van der Waals surface area contributed by atoms with E-state index in [1.807, 2.05) is 12.1 Å². The van der Waals surface area contributed by atoms with Gasteiger partial charge in [0.25, 0.3) is 0 Å². The summed E-state index contributed by atoms with van der Waals surface area (Å²) >= 11 is 0. The van der Waals surface area contributed by atoms with Crippen molar-refractivity contribution in [1.29, 1.82) is 0 Å².